The number of rotatable bonds is 5. The molecule has 1 saturated heterocycles. The predicted octanol–water partition coefficient (Wildman–Crippen LogP) is 0.809. The van der Waals surface area contributed by atoms with Crippen LogP contribution in [0.15, 0.2) is 12.1 Å². The molecule has 0 bridgehead atoms. The molecule has 0 spiro atoms. The van der Waals surface area contributed by atoms with Crippen molar-refractivity contribution in [1.82, 2.24) is 24.9 Å². The first kappa shape index (κ1) is 14.7. The zero-order valence-electron chi connectivity index (χ0n) is 11.7. The molecule has 0 atom stereocenters. The molecule has 2 heterocycles. The zero-order chi connectivity index (χ0) is 13.7. The second-order valence-corrected chi connectivity index (χ2v) is 5.66. The molecule has 1 aromatic heterocycles. The van der Waals surface area contributed by atoms with Crippen molar-refractivity contribution in [1.29, 1.82) is 0 Å². The van der Waals surface area contributed by atoms with Crippen molar-refractivity contribution in [3.05, 3.63) is 23.0 Å². The summed E-state index contributed by atoms with van der Waals surface area (Å²) >= 11 is 5.74. The monoisotopic (exact) mass is 283 g/mol. The largest absolute Gasteiger partial charge is 0.308 e. The highest BCUT2D eigenvalue weighted by Crippen LogP contribution is 2.08. The molecule has 0 aliphatic carbocycles. The molecule has 0 aromatic carbocycles. The number of hydrogen-bond donors (Lipinski definition) is 0. The van der Waals surface area contributed by atoms with Gasteiger partial charge in [-0.1, -0.05) is 11.6 Å². The quantitative estimate of drug-likeness (QED) is 0.799. The van der Waals surface area contributed by atoms with E-state index in [1.54, 1.807) is 6.07 Å². The lowest BCUT2D eigenvalue weighted by Crippen LogP contribution is -2.47. The first-order valence-corrected chi connectivity index (χ1v) is 7.09. The zero-order valence-corrected chi connectivity index (χ0v) is 12.5. The van der Waals surface area contributed by atoms with E-state index in [0.717, 1.165) is 51.5 Å². The molecule has 19 heavy (non-hydrogen) atoms. The molecule has 0 saturated carbocycles. The van der Waals surface area contributed by atoms with E-state index in [1.165, 1.54) is 0 Å². The van der Waals surface area contributed by atoms with Crippen LogP contribution in [0.3, 0.4) is 0 Å². The average molecular weight is 284 g/mol. The number of piperazine rings is 1. The van der Waals surface area contributed by atoms with Crippen molar-refractivity contribution in [2.24, 2.45) is 0 Å². The van der Waals surface area contributed by atoms with E-state index in [9.17, 15) is 0 Å². The fourth-order valence-electron chi connectivity index (χ4n) is 2.17. The van der Waals surface area contributed by atoms with Crippen LogP contribution in [-0.4, -0.2) is 78.3 Å². The van der Waals surface area contributed by atoms with Gasteiger partial charge in [0.15, 0.2) is 5.15 Å². The second kappa shape index (κ2) is 7.14. The summed E-state index contributed by atoms with van der Waals surface area (Å²) in [6.45, 7) is 7.61. The van der Waals surface area contributed by atoms with E-state index in [4.69, 9.17) is 11.6 Å². The van der Waals surface area contributed by atoms with Crippen LogP contribution in [0.5, 0.6) is 0 Å². The summed E-state index contributed by atoms with van der Waals surface area (Å²) < 4.78 is 0. The Morgan fingerprint density at radius 3 is 2.37 bits per heavy atom. The van der Waals surface area contributed by atoms with Crippen molar-refractivity contribution in [3.8, 4) is 0 Å². The van der Waals surface area contributed by atoms with Gasteiger partial charge in [-0.05, 0) is 26.2 Å². The summed E-state index contributed by atoms with van der Waals surface area (Å²) in [6, 6.07) is 3.75. The van der Waals surface area contributed by atoms with Crippen LogP contribution in [0.2, 0.25) is 5.15 Å². The highest BCUT2D eigenvalue weighted by atomic mass is 35.5. The standard InChI is InChI=1S/C13H22ClN5/c1-17(2)5-6-18-7-9-19(10-8-18)11-12-3-4-13(14)16-15-12/h3-4H,5-11H2,1-2H3. The number of nitrogens with zero attached hydrogens (tertiary/aromatic N) is 5. The van der Waals surface area contributed by atoms with Crippen molar-refractivity contribution in [2.75, 3.05) is 53.4 Å². The van der Waals surface area contributed by atoms with E-state index in [0.29, 0.717) is 5.15 Å². The Bertz CT molecular complexity index is 373. The van der Waals surface area contributed by atoms with Gasteiger partial charge in [0, 0.05) is 45.8 Å². The molecule has 1 aliphatic rings. The summed E-state index contributed by atoms with van der Waals surface area (Å²) in [5.41, 5.74) is 0.992. The molecule has 0 radical (unpaired) electrons. The molecular weight excluding hydrogens is 262 g/mol. The summed E-state index contributed by atoms with van der Waals surface area (Å²) in [5.74, 6) is 0. The number of hydrogen-bond acceptors (Lipinski definition) is 5. The normalized spacial score (nSPS) is 18.1. The maximum Gasteiger partial charge on any atom is 0.151 e. The van der Waals surface area contributed by atoms with Crippen molar-refractivity contribution >= 4 is 11.6 Å². The average Bonchev–Trinajstić information content (AvgIpc) is 2.40. The maximum absolute atomic E-state index is 5.74. The van der Waals surface area contributed by atoms with E-state index < -0.39 is 0 Å². The highest BCUT2D eigenvalue weighted by molar-refractivity contribution is 6.29. The van der Waals surface area contributed by atoms with Crippen molar-refractivity contribution in [2.45, 2.75) is 6.54 Å². The first-order chi connectivity index (χ1) is 9.13. The summed E-state index contributed by atoms with van der Waals surface area (Å²) in [6.07, 6.45) is 0. The van der Waals surface area contributed by atoms with Crippen LogP contribution in [0.1, 0.15) is 5.69 Å². The number of likely N-dealkylation sites (N-methyl/N-ethyl adjacent to an activating group) is 1. The third-order valence-electron chi connectivity index (χ3n) is 3.40. The molecule has 0 N–H and O–H groups in total. The Morgan fingerprint density at radius 1 is 1.11 bits per heavy atom. The molecule has 6 heteroatoms. The molecule has 106 valence electrons. The van der Waals surface area contributed by atoms with Gasteiger partial charge in [-0.3, -0.25) is 9.80 Å². The number of halogens is 1. The van der Waals surface area contributed by atoms with E-state index in [2.05, 4.69) is 39.0 Å². The second-order valence-electron chi connectivity index (χ2n) is 5.27. The van der Waals surface area contributed by atoms with Crippen LogP contribution in [-0.2, 0) is 6.54 Å². The van der Waals surface area contributed by atoms with Gasteiger partial charge in [-0.25, -0.2) is 0 Å². The Hall–Kier alpha value is -0.750. The molecule has 0 unspecified atom stereocenters. The minimum Gasteiger partial charge on any atom is -0.308 e. The van der Waals surface area contributed by atoms with E-state index >= 15 is 0 Å². The van der Waals surface area contributed by atoms with Gasteiger partial charge in [0.2, 0.25) is 0 Å². The topological polar surface area (TPSA) is 35.5 Å². The summed E-state index contributed by atoms with van der Waals surface area (Å²) in [5, 5.41) is 8.44. The van der Waals surface area contributed by atoms with Gasteiger partial charge in [0.1, 0.15) is 0 Å². The van der Waals surface area contributed by atoms with Crippen LogP contribution >= 0.6 is 11.6 Å². The van der Waals surface area contributed by atoms with Crippen LogP contribution in [0, 0.1) is 0 Å². The molecule has 0 amide bonds. The van der Waals surface area contributed by atoms with E-state index in [-0.39, 0.29) is 0 Å². The minimum atomic E-state index is 0.456. The Kier molecular flexibility index (Phi) is 5.51. The fourth-order valence-corrected chi connectivity index (χ4v) is 2.27. The van der Waals surface area contributed by atoms with Crippen LogP contribution < -0.4 is 0 Å². The third kappa shape index (κ3) is 5.03. The number of aromatic nitrogens is 2. The highest BCUT2D eigenvalue weighted by Gasteiger charge is 2.17. The van der Waals surface area contributed by atoms with Crippen LogP contribution in [0.4, 0.5) is 0 Å². The molecular formula is C13H22ClN5. The van der Waals surface area contributed by atoms with Gasteiger partial charge in [0.05, 0.1) is 5.69 Å². The lowest BCUT2D eigenvalue weighted by Gasteiger charge is -2.34. The van der Waals surface area contributed by atoms with Gasteiger partial charge < -0.3 is 4.90 Å². The molecule has 1 fully saturated rings. The smallest absolute Gasteiger partial charge is 0.151 e. The lowest BCUT2D eigenvalue weighted by atomic mass is 10.3. The predicted molar refractivity (Wildman–Crippen MR) is 77.3 cm³/mol. The van der Waals surface area contributed by atoms with Gasteiger partial charge in [-0.2, -0.15) is 5.10 Å². The molecule has 5 nitrogen and oxygen atoms in total. The Labute approximate surface area is 120 Å². The van der Waals surface area contributed by atoms with E-state index in [1.807, 2.05) is 6.07 Å². The Morgan fingerprint density at radius 2 is 1.79 bits per heavy atom. The van der Waals surface area contributed by atoms with Crippen molar-refractivity contribution < 1.29 is 0 Å². The Balaban J connectivity index is 1.72. The third-order valence-corrected chi connectivity index (χ3v) is 3.60. The fraction of sp³-hybridized carbons (Fsp3) is 0.692. The van der Waals surface area contributed by atoms with Crippen molar-refractivity contribution in [3.63, 3.8) is 0 Å². The van der Waals surface area contributed by atoms with Gasteiger partial charge in [-0.15, -0.1) is 5.10 Å². The SMILES string of the molecule is CN(C)CCN1CCN(Cc2ccc(Cl)nn2)CC1. The molecule has 1 aliphatic heterocycles. The lowest BCUT2D eigenvalue weighted by molar-refractivity contribution is 0.119. The minimum absolute atomic E-state index is 0.456. The summed E-state index contributed by atoms with van der Waals surface area (Å²) in [7, 11) is 4.24. The van der Waals surface area contributed by atoms with Gasteiger partial charge in [0.25, 0.3) is 0 Å². The molecule has 1 aromatic rings. The summed E-state index contributed by atoms with van der Waals surface area (Å²) in [4.78, 5) is 7.17. The van der Waals surface area contributed by atoms with Gasteiger partial charge >= 0.3 is 0 Å². The maximum atomic E-state index is 5.74. The first-order valence-electron chi connectivity index (χ1n) is 6.71. The molecule has 2 rings (SSSR count). The van der Waals surface area contributed by atoms with Crippen LogP contribution in [0.25, 0.3) is 0 Å².